The number of ether oxygens (including phenoxy) is 4. The largest absolute Gasteiger partial charge is 0.493 e. The zero-order valence-corrected chi connectivity index (χ0v) is 16.4. The van der Waals surface area contributed by atoms with Gasteiger partial charge < -0.3 is 24.2 Å². The molecule has 29 heavy (non-hydrogen) atoms. The van der Waals surface area contributed by atoms with Crippen molar-refractivity contribution in [2.75, 3.05) is 14.2 Å². The van der Waals surface area contributed by atoms with Gasteiger partial charge >= 0.3 is 0 Å². The molecule has 150 valence electrons. The Morgan fingerprint density at radius 3 is 2.00 bits per heavy atom. The highest BCUT2D eigenvalue weighted by molar-refractivity contribution is 5.80. The average Bonchev–Trinajstić information content (AvgIpc) is 2.77. The van der Waals surface area contributed by atoms with E-state index < -0.39 is 0 Å². The van der Waals surface area contributed by atoms with Crippen LogP contribution in [0.2, 0.25) is 0 Å². The van der Waals surface area contributed by atoms with E-state index in [9.17, 15) is 0 Å². The number of rotatable bonds is 9. The Morgan fingerprint density at radius 2 is 1.34 bits per heavy atom. The minimum Gasteiger partial charge on any atom is -0.493 e. The molecule has 0 aromatic heterocycles. The SMILES string of the molecule is COc1cc(/C=N/O)ccc1OCc1ccc(OCc2ccccc2)c(OC)c1. The first-order chi connectivity index (χ1) is 14.2. The molecule has 0 saturated heterocycles. The van der Waals surface area contributed by atoms with Gasteiger partial charge in [-0.25, -0.2) is 0 Å². The van der Waals surface area contributed by atoms with Gasteiger partial charge in [0.2, 0.25) is 0 Å². The minimum absolute atomic E-state index is 0.332. The third-order valence-electron chi connectivity index (χ3n) is 4.25. The molecule has 0 radical (unpaired) electrons. The summed E-state index contributed by atoms with van der Waals surface area (Å²) < 4.78 is 22.6. The van der Waals surface area contributed by atoms with Gasteiger partial charge in [-0.1, -0.05) is 41.6 Å². The van der Waals surface area contributed by atoms with Gasteiger partial charge in [-0.15, -0.1) is 0 Å². The van der Waals surface area contributed by atoms with Gasteiger partial charge in [0.15, 0.2) is 23.0 Å². The van der Waals surface area contributed by atoms with E-state index in [2.05, 4.69) is 5.16 Å². The molecular formula is C23H23NO5. The lowest BCUT2D eigenvalue weighted by molar-refractivity contribution is 0.276. The van der Waals surface area contributed by atoms with Crippen LogP contribution in [0, 0.1) is 0 Å². The molecular weight excluding hydrogens is 370 g/mol. The summed E-state index contributed by atoms with van der Waals surface area (Å²) >= 11 is 0. The van der Waals surface area contributed by atoms with Gasteiger partial charge in [0.25, 0.3) is 0 Å². The Kier molecular flexibility index (Phi) is 6.95. The van der Waals surface area contributed by atoms with Crippen LogP contribution < -0.4 is 18.9 Å². The predicted octanol–water partition coefficient (Wildman–Crippen LogP) is 4.67. The van der Waals surface area contributed by atoms with Gasteiger partial charge in [-0.05, 0) is 41.5 Å². The number of nitrogens with zero attached hydrogens (tertiary/aromatic N) is 1. The fraction of sp³-hybridized carbons (Fsp3) is 0.174. The number of oxime groups is 1. The number of hydrogen-bond acceptors (Lipinski definition) is 6. The lowest BCUT2D eigenvalue weighted by Gasteiger charge is -2.14. The van der Waals surface area contributed by atoms with E-state index in [0.717, 1.165) is 11.1 Å². The molecule has 0 saturated carbocycles. The van der Waals surface area contributed by atoms with Crippen LogP contribution in [0.5, 0.6) is 23.0 Å². The molecule has 0 heterocycles. The third kappa shape index (κ3) is 5.42. The molecule has 3 aromatic carbocycles. The summed E-state index contributed by atoms with van der Waals surface area (Å²) in [6, 6.07) is 20.9. The monoisotopic (exact) mass is 393 g/mol. The quantitative estimate of drug-likeness (QED) is 0.325. The Bertz CT molecular complexity index is 957. The van der Waals surface area contributed by atoms with E-state index in [1.165, 1.54) is 6.21 Å². The molecule has 0 atom stereocenters. The lowest BCUT2D eigenvalue weighted by Crippen LogP contribution is -2.01. The summed E-state index contributed by atoms with van der Waals surface area (Å²) in [4.78, 5) is 0. The molecule has 6 nitrogen and oxygen atoms in total. The molecule has 0 amide bonds. The summed E-state index contributed by atoms with van der Waals surface area (Å²) in [5, 5.41) is 11.7. The molecule has 6 heteroatoms. The van der Waals surface area contributed by atoms with Crippen molar-refractivity contribution in [1.82, 2.24) is 0 Å². The van der Waals surface area contributed by atoms with Gasteiger partial charge in [0.1, 0.15) is 13.2 Å². The highest BCUT2D eigenvalue weighted by Crippen LogP contribution is 2.31. The van der Waals surface area contributed by atoms with Gasteiger partial charge in [-0.2, -0.15) is 0 Å². The summed E-state index contributed by atoms with van der Waals surface area (Å²) in [5.74, 6) is 2.46. The standard InChI is InChI=1S/C23H23NO5/c1-26-22-12-18(14-24-25)8-10-20(22)29-16-19-9-11-21(23(13-19)27-2)28-15-17-6-4-3-5-7-17/h3-14,25H,15-16H2,1-2H3/b24-14+. The van der Waals surface area contributed by atoms with E-state index in [1.807, 2.05) is 48.5 Å². The van der Waals surface area contributed by atoms with Gasteiger partial charge in [0.05, 0.1) is 20.4 Å². The summed E-state index contributed by atoms with van der Waals surface area (Å²) in [6.07, 6.45) is 1.32. The zero-order chi connectivity index (χ0) is 20.5. The Hall–Kier alpha value is -3.67. The van der Waals surface area contributed by atoms with Crippen molar-refractivity contribution < 1.29 is 24.2 Å². The van der Waals surface area contributed by atoms with E-state index in [1.54, 1.807) is 32.4 Å². The van der Waals surface area contributed by atoms with Crippen molar-refractivity contribution in [3.8, 4) is 23.0 Å². The first kappa shape index (κ1) is 20.1. The zero-order valence-electron chi connectivity index (χ0n) is 16.4. The molecule has 0 unspecified atom stereocenters. The fourth-order valence-electron chi connectivity index (χ4n) is 2.77. The molecule has 0 aliphatic heterocycles. The molecule has 3 aromatic rings. The summed E-state index contributed by atoms with van der Waals surface area (Å²) in [6.45, 7) is 0.798. The minimum atomic E-state index is 0.332. The average molecular weight is 393 g/mol. The third-order valence-corrected chi connectivity index (χ3v) is 4.25. The topological polar surface area (TPSA) is 69.5 Å². The Morgan fingerprint density at radius 1 is 0.724 bits per heavy atom. The number of methoxy groups -OCH3 is 2. The first-order valence-corrected chi connectivity index (χ1v) is 9.05. The van der Waals surface area contributed by atoms with Crippen molar-refractivity contribution in [2.24, 2.45) is 5.16 Å². The number of hydrogen-bond donors (Lipinski definition) is 1. The molecule has 3 rings (SSSR count). The highest BCUT2D eigenvalue weighted by Gasteiger charge is 2.09. The van der Waals surface area contributed by atoms with Crippen molar-refractivity contribution in [2.45, 2.75) is 13.2 Å². The predicted molar refractivity (Wildman–Crippen MR) is 110 cm³/mol. The van der Waals surface area contributed by atoms with Crippen LogP contribution in [0.25, 0.3) is 0 Å². The molecule has 1 N–H and O–H groups in total. The highest BCUT2D eigenvalue weighted by atomic mass is 16.5. The normalized spacial score (nSPS) is 10.7. The maximum atomic E-state index is 8.65. The summed E-state index contributed by atoms with van der Waals surface area (Å²) in [5.41, 5.74) is 2.72. The Balaban J connectivity index is 1.67. The van der Waals surface area contributed by atoms with Crippen LogP contribution in [0.3, 0.4) is 0 Å². The second-order valence-corrected chi connectivity index (χ2v) is 6.20. The Labute approximate surface area is 169 Å². The van der Waals surface area contributed by atoms with Crippen LogP contribution in [0.15, 0.2) is 71.9 Å². The van der Waals surface area contributed by atoms with E-state index in [0.29, 0.717) is 41.8 Å². The van der Waals surface area contributed by atoms with Crippen LogP contribution in [0.4, 0.5) is 0 Å². The first-order valence-electron chi connectivity index (χ1n) is 9.05. The summed E-state index contributed by atoms with van der Waals surface area (Å²) in [7, 11) is 3.17. The smallest absolute Gasteiger partial charge is 0.161 e. The van der Waals surface area contributed by atoms with Crippen molar-refractivity contribution in [3.63, 3.8) is 0 Å². The van der Waals surface area contributed by atoms with Gasteiger partial charge in [-0.3, -0.25) is 0 Å². The van der Waals surface area contributed by atoms with E-state index in [4.69, 9.17) is 24.2 Å². The fourth-order valence-corrected chi connectivity index (χ4v) is 2.77. The molecule has 0 spiro atoms. The van der Waals surface area contributed by atoms with Crippen LogP contribution in [-0.2, 0) is 13.2 Å². The van der Waals surface area contributed by atoms with E-state index >= 15 is 0 Å². The van der Waals surface area contributed by atoms with Crippen LogP contribution in [-0.4, -0.2) is 25.6 Å². The molecule has 0 aliphatic carbocycles. The van der Waals surface area contributed by atoms with Gasteiger partial charge in [0, 0.05) is 5.56 Å². The van der Waals surface area contributed by atoms with Crippen molar-refractivity contribution in [3.05, 3.63) is 83.4 Å². The number of benzene rings is 3. The molecule has 0 bridgehead atoms. The maximum absolute atomic E-state index is 8.65. The second-order valence-electron chi connectivity index (χ2n) is 6.20. The van der Waals surface area contributed by atoms with Crippen LogP contribution in [0.1, 0.15) is 16.7 Å². The van der Waals surface area contributed by atoms with Crippen molar-refractivity contribution >= 4 is 6.21 Å². The lowest BCUT2D eigenvalue weighted by atomic mass is 10.2. The maximum Gasteiger partial charge on any atom is 0.161 e. The van der Waals surface area contributed by atoms with E-state index in [-0.39, 0.29) is 0 Å². The second kappa shape index (κ2) is 10.0. The van der Waals surface area contributed by atoms with Crippen LogP contribution >= 0.6 is 0 Å². The van der Waals surface area contributed by atoms with Crippen molar-refractivity contribution in [1.29, 1.82) is 0 Å². The molecule has 0 fully saturated rings. The molecule has 0 aliphatic rings.